The molecule has 3 saturated carbocycles. The van der Waals surface area contributed by atoms with Crippen LogP contribution in [0.5, 0.6) is 0 Å². The Hall–Kier alpha value is -1.22. The van der Waals surface area contributed by atoms with Crippen LogP contribution < -0.4 is 11.1 Å². The van der Waals surface area contributed by atoms with E-state index in [1.165, 1.54) is 19.3 Å². The largest absolute Gasteiger partial charge is 0.397 e. The number of benzene rings is 1. The van der Waals surface area contributed by atoms with E-state index in [-0.39, 0.29) is 11.8 Å². The van der Waals surface area contributed by atoms with Crippen LogP contribution in [0.15, 0.2) is 18.2 Å². The third kappa shape index (κ3) is 1.68. The maximum absolute atomic E-state index is 12.4. The molecule has 4 unspecified atom stereocenters. The van der Waals surface area contributed by atoms with Gasteiger partial charge in [0.15, 0.2) is 0 Å². The Labute approximate surface area is 117 Å². The molecule has 0 heterocycles. The standard InChI is InChI=1S/C15H17ClN2O/c16-9-3-4-10(17)11(6-9)18-15(19)14-12-7-1-2-8(5-7)13(12)14/h3-4,6-8,12-14H,1-2,5,17H2,(H,18,19). The maximum Gasteiger partial charge on any atom is 0.228 e. The highest BCUT2D eigenvalue weighted by Crippen LogP contribution is 2.69. The smallest absolute Gasteiger partial charge is 0.228 e. The fourth-order valence-electron chi connectivity index (χ4n) is 4.53. The average molecular weight is 277 g/mol. The molecule has 3 aliphatic carbocycles. The van der Waals surface area contributed by atoms with E-state index in [0.29, 0.717) is 28.2 Å². The molecule has 1 aromatic rings. The molecule has 0 saturated heterocycles. The van der Waals surface area contributed by atoms with E-state index in [4.69, 9.17) is 17.3 Å². The number of rotatable bonds is 2. The second kappa shape index (κ2) is 3.89. The number of nitrogen functional groups attached to an aromatic ring is 1. The summed E-state index contributed by atoms with van der Waals surface area (Å²) >= 11 is 5.94. The second-order valence-electron chi connectivity index (χ2n) is 6.23. The number of carbonyl (C=O) groups excluding carboxylic acids is 1. The lowest BCUT2D eigenvalue weighted by atomic mass is 10.0. The number of anilines is 2. The highest BCUT2D eigenvalue weighted by atomic mass is 35.5. The summed E-state index contributed by atoms with van der Waals surface area (Å²) in [5.74, 6) is 3.29. The van der Waals surface area contributed by atoms with Crippen LogP contribution in [-0.2, 0) is 4.79 Å². The van der Waals surface area contributed by atoms with Crippen LogP contribution in [-0.4, -0.2) is 5.91 Å². The first-order chi connectivity index (χ1) is 9.15. The monoisotopic (exact) mass is 276 g/mol. The summed E-state index contributed by atoms with van der Waals surface area (Å²) in [6, 6.07) is 5.19. The Balaban J connectivity index is 1.50. The number of halogens is 1. The molecule has 3 fully saturated rings. The Kier molecular flexibility index (Phi) is 2.37. The molecule has 19 heavy (non-hydrogen) atoms. The van der Waals surface area contributed by atoms with E-state index in [9.17, 15) is 4.79 Å². The van der Waals surface area contributed by atoms with Crippen molar-refractivity contribution < 1.29 is 4.79 Å². The lowest BCUT2D eigenvalue weighted by molar-refractivity contribution is -0.118. The molecule has 3 nitrogen and oxygen atoms in total. The van der Waals surface area contributed by atoms with Gasteiger partial charge in [0.25, 0.3) is 0 Å². The Morgan fingerprint density at radius 2 is 1.95 bits per heavy atom. The number of nitrogens with one attached hydrogen (secondary N) is 1. The lowest BCUT2D eigenvalue weighted by Crippen LogP contribution is -2.19. The zero-order chi connectivity index (χ0) is 13.1. The molecule has 4 rings (SSSR count). The molecule has 2 bridgehead atoms. The molecule has 1 aromatic carbocycles. The van der Waals surface area contributed by atoms with Crippen molar-refractivity contribution in [2.24, 2.45) is 29.6 Å². The van der Waals surface area contributed by atoms with E-state index in [2.05, 4.69) is 5.32 Å². The van der Waals surface area contributed by atoms with Gasteiger partial charge in [0, 0.05) is 10.9 Å². The molecular formula is C15H17ClN2O. The second-order valence-corrected chi connectivity index (χ2v) is 6.67. The number of hydrogen-bond donors (Lipinski definition) is 2. The van der Waals surface area contributed by atoms with Crippen LogP contribution in [0.3, 0.4) is 0 Å². The summed E-state index contributed by atoms with van der Waals surface area (Å²) in [7, 11) is 0. The first-order valence-corrected chi connectivity index (χ1v) is 7.39. The topological polar surface area (TPSA) is 55.1 Å². The predicted molar refractivity (Wildman–Crippen MR) is 75.8 cm³/mol. The minimum atomic E-state index is 0.139. The maximum atomic E-state index is 12.4. The highest BCUT2D eigenvalue weighted by Gasteiger charge is 2.67. The van der Waals surface area contributed by atoms with Crippen molar-refractivity contribution in [1.82, 2.24) is 0 Å². The molecular weight excluding hydrogens is 260 g/mol. The van der Waals surface area contributed by atoms with Gasteiger partial charge in [-0.25, -0.2) is 0 Å². The van der Waals surface area contributed by atoms with Gasteiger partial charge in [-0.15, -0.1) is 0 Å². The summed E-state index contributed by atoms with van der Waals surface area (Å²) in [6.07, 6.45) is 4.02. The van der Waals surface area contributed by atoms with Crippen LogP contribution in [0.25, 0.3) is 0 Å². The van der Waals surface area contributed by atoms with Crippen LogP contribution in [0.2, 0.25) is 5.02 Å². The summed E-state index contributed by atoms with van der Waals surface area (Å²) in [5.41, 5.74) is 7.09. The zero-order valence-corrected chi connectivity index (χ0v) is 11.4. The van der Waals surface area contributed by atoms with Crippen molar-refractivity contribution in [2.45, 2.75) is 19.3 Å². The summed E-state index contributed by atoms with van der Waals surface area (Å²) in [4.78, 5) is 12.4. The van der Waals surface area contributed by atoms with E-state index >= 15 is 0 Å². The molecule has 0 aromatic heterocycles. The first kappa shape index (κ1) is 11.6. The Morgan fingerprint density at radius 1 is 1.26 bits per heavy atom. The van der Waals surface area contributed by atoms with Gasteiger partial charge in [0.05, 0.1) is 11.4 Å². The van der Waals surface area contributed by atoms with E-state index in [1.54, 1.807) is 18.2 Å². The Bertz CT molecular complexity index is 543. The number of nitrogens with two attached hydrogens (primary N) is 1. The van der Waals surface area contributed by atoms with Gasteiger partial charge >= 0.3 is 0 Å². The normalized spacial score (nSPS) is 38.1. The fourth-order valence-corrected chi connectivity index (χ4v) is 4.70. The molecule has 0 spiro atoms. The van der Waals surface area contributed by atoms with Gasteiger partial charge in [-0.3, -0.25) is 4.79 Å². The molecule has 0 aliphatic heterocycles. The first-order valence-electron chi connectivity index (χ1n) is 7.01. The highest BCUT2D eigenvalue weighted by molar-refractivity contribution is 6.31. The Morgan fingerprint density at radius 3 is 2.63 bits per heavy atom. The van der Waals surface area contributed by atoms with Gasteiger partial charge in [0.1, 0.15) is 0 Å². The molecule has 3 aliphatic rings. The van der Waals surface area contributed by atoms with Crippen molar-refractivity contribution in [2.75, 3.05) is 11.1 Å². The number of fused-ring (bicyclic) bond motifs is 5. The lowest BCUT2D eigenvalue weighted by Gasteiger charge is -2.11. The number of carbonyl (C=O) groups is 1. The van der Waals surface area contributed by atoms with E-state index in [1.807, 2.05) is 0 Å². The molecule has 4 heteroatoms. The quantitative estimate of drug-likeness (QED) is 0.815. The summed E-state index contributed by atoms with van der Waals surface area (Å²) < 4.78 is 0. The SMILES string of the molecule is Nc1ccc(Cl)cc1NC(=O)C1C2C3CCC(C3)C12. The van der Waals surface area contributed by atoms with Crippen molar-refractivity contribution in [3.05, 3.63) is 23.2 Å². The molecule has 3 N–H and O–H groups in total. The third-order valence-corrected chi connectivity index (χ3v) is 5.55. The van der Waals surface area contributed by atoms with Crippen molar-refractivity contribution in [3.8, 4) is 0 Å². The van der Waals surface area contributed by atoms with E-state index < -0.39 is 0 Å². The number of hydrogen-bond acceptors (Lipinski definition) is 2. The van der Waals surface area contributed by atoms with Gasteiger partial charge in [-0.1, -0.05) is 11.6 Å². The fraction of sp³-hybridized carbons (Fsp3) is 0.533. The van der Waals surface area contributed by atoms with Gasteiger partial charge < -0.3 is 11.1 Å². The van der Waals surface area contributed by atoms with Gasteiger partial charge in [0.2, 0.25) is 5.91 Å². The third-order valence-electron chi connectivity index (χ3n) is 5.31. The van der Waals surface area contributed by atoms with E-state index in [0.717, 1.165) is 11.8 Å². The van der Waals surface area contributed by atoms with Gasteiger partial charge in [-0.05, 0) is 61.1 Å². The van der Waals surface area contributed by atoms with Gasteiger partial charge in [-0.2, -0.15) is 0 Å². The summed E-state index contributed by atoms with van der Waals surface area (Å²) in [5, 5.41) is 3.56. The zero-order valence-electron chi connectivity index (χ0n) is 10.6. The van der Waals surface area contributed by atoms with Crippen LogP contribution in [0.4, 0.5) is 11.4 Å². The minimum Gasteiger partial charge on any atom is -0.397 e. The van der Waals surface area contributed by atoms with Crippen molar-refractivity contribution >= 4 is 28.9 Å². The number of amides is 1. The van der Waals surface area contributed by atoms with Crippen LogP contribution in [0, 0.1) is 29.6 Å². The summed E-state index contributed by atoms with van der Waals surface area (Å²) in [6.45, 7) is 0. The minimum absolute atomic E-state index is 0.139. The average Bonchev–Trinajstić information content (AvgIpc) is 2.83. The molecule has 4 atom stereocenters. The predicted octanol–water partition coefficient (Wildman–Crippen LogP) is 3.15. The molecule has 1 amide bonds. The van der Waals surface area contributed by atoms with Crippen molar-refractivity contribution in [1.29, 1.82) is 0 Å². The molecule has 0 radical (unpaired) electrons. The molecule has 100 valence electrons. The van der Waals surface area contributed by atoms with Crippen LogP contribution in [0.1, 0.15) is 19.3 Å². The van der Waals surface area contributed by atoms with Crippen LogP contribution >= 0.6 is 11.6 Å². The van der Waals surface area contributed by atoms with Crippen molar-refractivity contribution in [3.63, 3.8) is 0 Å².